The summed E-state index contributed by atoms with van der Waals surface area (Å²) in [6.07, 6.45) is 0.728. The summed E-state index contributed by atoms with van der Waals surface area (Å²) < 4.78 is 0. The van der Waals surface area contributed by atoms with Gasteiger partial charge in [0.25, 0.3) is 0 Å². The van der Waals surface area contributed by atoms with Gasteiger partial charge in [-0.15, -0.1) is 11.8 Å². The molecule has 0 radical (unpaired) electrons. The third kappa shape index (κ3) is 1.27. The van der Waals surface area contributed by atoms with Crippen molar-refractivity contribution in [1.82, 2.24) is 0 Å². The molecule has 0 unspecified atom stereocenters. The van der Waals surface area contributed by atoms with Crippen LogP contribution in [-0.4, -0.2) is 16.8 Å². The number of carboxylic acids is 1. The van der Waals surface area contributed by atoms with Gasteiger partial charge in [-0.3, -0.25) is 0 Å². The summed E-state index contributed by atoms with van der Waals surface area (Å²) in [5.41, 5.74) is 0.597. The molecule has 1 rings (SSSR count). The molecule has 0 aromatic carbocycles. The van der Waals surface area contributed by atoms with Crippen molar-refractivity contribution < 1.29 is 9.90 Å². The maximum atomic E-state index is 10.3. The van der Waals surface area contributed by atoms with Crippen LogP contribution in [0.4, 0.5) is 0 Å². The maximum Gasteiger partial charge on any atom is 0.332 e. The first-order valence-electron chi connectivity index (χ1n) is 2.77. The van der Waals surface area contributed by atoms with Crippen LogP contribution in [0, 0.1) is 0 Å². The van der Waals surface area contributed by atoms with E-state index in [-0.39, 0.29) is 0 Å². The number of carbonyl (C=O) groups is 1. The molecule has 0 aromatic heterocycles. The molecule has 0 amide bonds. The van der Waals surface area contributed by atoms with Crippen molar-refractivity contribution in [3.8, 4) is 0 Å². The molecule has 2 nitrogen and oxygen atoms in total. The molecule has 1 aliphatic heterocycles. The van der Waals surface area contributed by atoms with Crippen LogP contribution >= 0.6 is 11.8 Å². The summed E-state index contributed by atoms with van der Waals surface area (Å²) in [7, 11) is 0. The van der Waals surface area contributed by atoms with Crippen LogP contribution in [0.25, 0.3) is 0 Å². The Morgan fingerprint density at radius 3 is 2.67 bits per heavy atom. The Kier molecular flexibility index (Phi) is 1.81. The van der Waals surface area contributed by atoms with Gasteiger partial charge in [-0.25, -0.2) is 4.79 Å². The lowest BCUT2D eigenvalue weighted by molar-refractivity contribution is -0.132. The maximum absolute atomic E-state index is 10.3. The van der Waals surface area contributed by atoms with E-state index in [1.165, 1.54) is 0 Å². The SMILES string of the molecule is CC1=C(C(=O)O)CCS1. The Bertz CT molecular complexity index is 172. The summed E-state index contributed by atoms with van der Waals surface area (Å²) in [4.78, 5) is 11.3. The molecule has 9 heavy (non-hydrogen) atoms. The van der Waals surface area contributed by atoms with Crippen molar-refractivity contribution in [2.24, 2.45) is 0 Å². The van der Waals surface area contributed by atoms with Gasteiger partial charge in [-0.1, -0.05) is 0 Å². The molecular weight excluding hydrogens is 136 g/mol. The van der Waals surface area contributed by atoms with E-state index >= 15 is 0 Å². The first-order chi connectivity index (χ1) is 4.22. The van der Waals surface area contributed by atoms with Crippen molar-refractivity contribution in [3.05, 3.63) is 10.5 Å². The second kappa shape index (κ2) is 2.43. The Hall–Kier alpha value is -0.440. The molecule has 1 aliphatic rings. The van der Waals surface area contributed by atoms with Gasteiger partial charge in [0.15, 0.2) is 0 Å². The van der Waals surface area contributed by atoms with E-state index in [1.807, 2.05) is 6.92 Å². The van der Waals surface area contributed by atoms with Crippen molar-refractivity contribution >= 4 is 17.7 Å². The normalized spacial score (nSPS) is 18.8. The van der Waals surface area contributed by atoms with Gasteiger partial charge >= 0.3 is 5.97 Å². The molecule has 1 N–H and O–H groups in total. The zero-order chi connectivity index (χ0) is 6.85. The Morgan fingerprint density at radius 1 is 1.78 bits per heavy atom. The number of thioether (sulfide) groups is 1. The summed E-state index contributed by atoms with van der Waals surface area (Å²) >= 11 is 1.63. The van der Waals surface area contributed by atoms with Crippen LogP contribution in [0.15, 0.2) is 10.5 Å². The highest BCUT2D eigenvalue weighted by Gasteiger charge is 2.16. The van der Waals surface area contributed by atoms with Gasteiger partial charge in [0.05, 0.1) is 0 Å². The van der Waals surface area contributed by atoms with E-state index in [0.717, 1.165) is 17.1 Å². The standard InChI is InChI=1S/C6H8O2S/c1-4-5(6(7)8)2-3-9-4/h2-3H2,1H3,(H,7,8). The quantitative estimate of drug-likeness (QED) is 0.605. The molecule has 0 aliphatic carbocycles. The monoisotopic (exact) mass is 144 g/mol. The number of carboxylic acid groups (broad SMARTS) is 1. The number of allylic oxidation sites excluding steroid dienone is 1. The van der Waals surface area contributed by atoms with Crippen LogP contribution in [0.2, 0.25) is 0 Å². The summed E-state index contributed by atoms with van der Waals surface area (Å²) in [5.74, 6) is 0.186. The fourth-order valence-electron chi connectivity index (χ4n) is 0.827. The van der Waals surface area contributed by atoms with Gasteiger partial charge in [-0.2, -0.15) is 0 Å². The minimum Gasteiger partial charge on any atom is -0.478 e. The highest BCUT2D eigenvalue weighted by atomic mass is 32.2. The average molecular weight is 144 g/mol. The topological polar surface area (TPSA) is 37.3 Å². The molecule has 3 heteroatoms. The number of aliphatic carboxylic acids is 1. The predicted molar refractivity (Wildman–Crippen MR) is 37.4 cm³/mol. The third-order valence-electron chi connectivity index (χ3n) is 1.35. The second-order valence-corrected chi connectivity index (χ2v) is 3.25. The summed E-state index contributed by atoms with van der Waals surface area (Å²) in [6, 6.07) is 0. The molecule has 0 spiro atoms. The van der Waals surface area contributed by atoms with Crippen LogP contribution in [0.1, 0.15) is 13.3 Å². The lowest BCUT2D eigenvalue weighted by atomic mass is 10.2. The first-order valence-corrected chi connectivity index (χ1v) is 3.76. The van der Waals surface area contributed by atoms with E-state index < -0.39 is 5.97 Å². The Balaban J connectivity index is 2.78. The molecule has 0 saturated carbocycles. The minimum absolute atomic E-state index is 0.597. The van der Waals surface area contributed by atoms with E-state index in [0.29, 0.717) is 5.57 Å². The van der Waals surface area contributed by atoms with Crippen molar-refractivity contribution in [2.45, 2.75) is 13.3 Å². The largest absolute Gasteiger partial charge is 0.478 e. The molecule has 0 bridgehead atoms. The summed E-state index contributed by atoms with van der Waals surface area (Å²) in [5, 5.41) is 8.51. The van der Waals surface area contributed by atoms with Crippen LogP contribution in [-0.2, 0) is 4.79 Å². The molecule has 0 atom stereocenters. The molecule has 0 aromatic rings. The molecule has 0 fully saturated rings. The number of hydrogen-bond acceptors (Lipinski definition) is 2. The van der Waals surface area contributed by atoms with Crippen LogP contribution in [0.5, 0.6) is 0 Å². The Morgan fingerprint density at radius 2 is 2.44 bits per heavy atom. The number of hydrogen-bond donors (Lipinski definition) is 1. The van der Waals surface area contributed by atoms with Gasteiger partial charge in [-0.05, 0) is 18.2 Å². The van der Waals surface area contributed by atoms with E-state index in [2.05, 4.69) is 0 Å². The first kappa shape index (κ1) is 6.68. The third-order valence-corrected chi connectivity index (χ3v) is 2.44. The van der Waals surface area contributed by atoms with Crippen molar-refractivity contribution in [1.29, 1.82) is 0 Å². The number of rotatable bonds is 1. The zero-order valence-corrected chi connectivity index (χ0v) is 5.99. The van der Waals surface area contributed by atoms with Crippen molar-refractivity contribution in [3.63, 3.8) is 0 Å². The Labute approximate surface area is 57.9 Å². The fourth-order valence-corrected chi connectivity index (χ4v) is 1.80. The van der Waals surface area contributed by atoms with Gasteiger partial charge in [0, 0.05) is 11.3 Å². The highest BCUT2D eigenvalue weighted by molar-refractivity contribution is 8.03. The summed E-state index contributed by atoms with van der Waals surface area (Å²) in [6.45, 7) is 1.86. The van der Waals surface area contributed by atoms with Gasteiger partial charge in [0.1, 0.15) is 0 Å². The van der Waals surface area contributed by atoms with E-state index in [4.69, 9.17) is 5.11 Å². The van der Waals surface area contributed by atoms with Crippen LogP contribution < -0.4 is 0 Å². The lowest BCUT2D eigenvalue weighted by Crippen LogP contribution is -1.98. The van der Waals surface area contributed by atoms with Gasteiger partial charge in [0.2, 0.25) is 0 Å². The van der Waals surface area contributed by atoms with Crippen molar-refractivity contribution in [2.75, 3.05) is 5.75 Å². The predicted octanol–water partition coefficient (Wildman–Crippen LogP) is 1.48. The van der Waals surface area contributed by atoms with Crippen LogP contribution in [0.3, 0.4) is 0 Å². The fraction of sp³-hybridized carbons (Fsp3) is 0.500. The zero-order valence-electron chi connectivity index (χ0n) is 5.18. The van der Waals surface area contributed by atoms with Gasteiger partial charge < -0.3 is 5.11 Å². The molecule has 50 valence electrons. The smallest absolute Gasteiger partial charge is 0.332 e. The highest BCUT2D eigenvalue weighted by Crippen LogP contribution is 2.30. The molecular formula is C6H8O2S. The second-order valence-electron chi connectivity index (χ2n) is 1.94. The van der Waals surface area contributed by atoms with E-state index in [9.17, 15) is 4.79 Å². The lowest BCUT2D eigenvalue weighted by Gasteiger charge is -1.91. The van der Waals surface area contributed by atoms with E-state index in [1.54, 1.807) is 11.8 Å². The average Bonchev–Trinajstić information content (AvgIpc) is 2.13. The molecule has 0 saturated heterocycles. The molecule has 1 heterocycles. The minimum atomic E-state index is -0.752.